The van der Waals surface area contributed by atoms with Crippen LogP contribution in [0.3, 0.4) is 0 Å². The zero-order chi connectivity index (χ0) is 18.1. The van der Waals surface area contributed by atoms with Crippen LogP contribution >= 0.6 is 0 Å². The Balaban J connectivity index is 1.89. The van der Waals surface area contributed by atoms with E-state index in [0.29, 0.717) is 25.3 Å². The van der Waals surface area contributed by atoms with E-state index in [4.69, 9.17) is 4.74 Å². The van der Waals surface area contributed by atoms with Crippen molar-refractivity contribution in [1.29, 1.82) is 0 Å². The van der Waals surface area contributed by atoms with Crippen LogP contribution in [0, 0.1) is 0 Å². The van der Waals surface area contributed by atoms with Crippen LogP contribution in [0.2, 0.25) is 0 Å². The number of hydrogen-bond acceptors (Lipinski definition) is 4. The fourth-order valence-electron chi connectivity index (χ4n) is 2.43. The molecular formula is C20H25NO4. The second-order valence-corrected chi connectivity index (χ2v) is 5.88. The highest BCUT2D eigenvalue weighted by molar-refractivity contribution is 5.97. The van der Waals surface area contributed by atoms with Crippen LogP contribution in [0.25, 0.3) is 0 Å². The van der Waals surface area contributed by atoms with E-state index in [1.807, 2.05) is 12.1 Å². The third-order valence-electron chi connectivity index (χ3n) is 3.88. The molecule has 0 bridgehead atoms. The van der Waals surface area contributed by atoms with Gasteiger partial charge in [-0.2, -0.15) is 0 Å². The van der Waals surface area contributed by atoms with Crippen molar-refractivity contribution in [3.8, 4) is 17.2 Å². The van der Waals surface area contributed by atoms with Crippen molar-refractivity contribution in [3.63, 3.8) is 0 Å². The molecule has 2 aromatic rings. The van der Waals surface area contributed by atoms with Gasteiger partial charge in [-0.05, 0) is 42.7 Å². The van der Waals surface area contributed by atoms with E-state index in [0.717, 1.165) is 24.8 Å². The predicted octanol–water partition coefficient (Wildman–Crippen LogP) is 3.64. The number of ether oxygens (including phenoxy) is 1. The first kappa shape index (κ1) is 18.6. The van der Waals surface area contributed by atoms with E-state index in [1.54, 1.807) is 30.3 Å². The molecule has 134 valence electrons. The van der Waals surface area contributed by atoms with Crippen molar-refractivity contribution in [2.45, 2.75) is 32.6 Å². The van der Waals surface area contributed by atoms with Gasteiger partial charge in [0.25, 0.3) is 5.91 Å². The molecule has 0 saturated carbocycles. The molecule has 0 spiro atoms. The van der Waals surface area contributed by atoms with Gasteiger partial charge in [0.1, 0.15) is 5.75 Å². The second kappa shape index (κ2) is 9.57. The standard InChI is InChI=1S/C20H25NO4/c1-2-3-4-14-25-18-7-5-6-17(19(18)23)20(24)21-13-12-15-8-10-16(22)11-9-15/h5-11,22-23H,2-4,12-14H2,1H3,(H,21,24). The summed E-state index contributed by atoms with van der Waals surface area (Å²) < 4.78 is 5.56. The van der Waals surface area contributed by atoms with E-state index < -0.39 is 0 Å². The third kappa shape index (κ3) is 5.71. The third-order valence-corrected chi connectivity index (χ3v) is 3.88. The lowest BCUT2D eigenvalue weighted by molar-refractivity contribution is 0.0950. The van der Waals surface area contributed by atoms with Crippen LogP contribution in [0.15, 0.2) is 42.5 Å². The minimum Gasteiger partial charge on any atom is -0.508 e. The number of nitrogens with one attached hydrogen (secondary N) is 1. The minimum atomic E-state index is -0.338. The summed E-state index contributed by atoms with van der Waals surface area (Å²) >= 11 is 0. The molecule has 1 amide bonds. The molecule has 5 nitrogen and oxygen atoms in total. The first-order valence-electron chi connectivity index (χ1n) is 8.62. The molecule has 0 radical (unpaired) electrons. The van der Waals surface area contributed by atoms with Crippen LogP contribution in [-0.4, -0.2) is 29.3 Å². The van der Waals surface area contributed by atoms with Gasteiger partial charge >= 0.3 is 0 Å². The quantitative estimate of drug-likeness (QED) is 0.607. The SMILES string of the molecule is CCCCCOc1cccc(C(=O)NCCc2ccc(O)cc2)c1O. The number of hydrogen-bond donors (Lipinski definition) is 3. The highest BCUT2D eigenvalue weighted by atomic mass is 16.5. The van der Waals surface area contributed by atoms with Crippen LogP contribution in [0.5, 0.6) is 17.2 Å². The van der Waals surface area contributed by atoms with Gasteiger partial charge in [0.2, 0.25) is 0 Å². The van der Waals surface area contributed by atoms with Crippen LogP contribution in [-0.2, 0) is 6.42 Å². The summed E-state index contributed by atoms with van der Waals surface area (Å²) in [6, 6.07) is 11.8. The molecule has 2 rings (SSSR count). The Labute approximate surface area is 148 Å². The first-order chi connectivity index (χ1) is 12.1. The Morgan fingerprint density at radius 2 is 1.84 bits per heavy atom. The molecule has 0 fully saturated rings. The second-order valence-electron chi connectivity index (χ2n) is 5.88. The number of benzene rings is 2. The van der Waals surface area contributed by atoms with Gasteiger partial charge in [-0.1, -0.05) is 38.0 Å². The number of phenols is 2. The summed E-state index contributed by atoms with van der Waals surface area (Å²) in [5.41, 5.74) is 1.22. The molecule has 0 unspecified atom stereocenters. The molecule has 0 saturated heterocycles. The summed E-state index contributed by atoms with van der Waals surface area (Å²) in [4.78, 5) is 12.3. The van der Waals surface area contributed by atoms with Gasteiger partial charge in [-0.15, -0.1) is 0 Å². The number of aromatic hydroxyl groups is 2. The maximum Gasteiger partial charge on any atom is 0.255 e. The van der Waals surface area contributed by atoms with Gasteiger partial charge in [0.05, 0.1) is 12.2 Å². The van der Waals surface area contributed by atoms with Gasteiger partial charge in [-0.3, -0.25) is 4.79 Å². The van der Waals surface area contributed by atoms with Gasteiger partial charge in [0, 0.05) is 6.54 Å². The number of carbonyl (C=O) groups excluding carboxylic acids is 1. The largest absolute Gasteiger partial charge is 0.508 e. The molecule has 0 aromatic heterocycles. The fraction of sp³-hybridized carbons (Fsp3) is 0.350. The summed E-state index contributed by atoms with van der Waals surface area (Å²) in [5, 5.41) is 22.3. The Kier molecular flexibility index (Phi) is 7.14. The first-order valence-corrected chi connectivity index (χ1v) is 8.62. The van der Waals surface area contributed by atoms with Gasteiger partial charge in [0.15, 0.2) is 11.5 Å². The number of amides is 1. The number of para-hydroxylation sites is 1. The maximum atomic E-state index is 12.3. The lowest BCUT2D eigenvalue weighted by Crippen LogP contribution is -2.25. The van der Waals surface area contributed by atoms with Crippen molar-refractivity contribution in [3.05, 3.63) is 53.6 Å². The molecule has 0 aliphatic heterocycles. The molecule has 5 heteroatoms. The van der Waals surface area contributed by atoms with Crippen molar-refractivity contribution < 1.29 is 19.7 Å². The monoisotopic (exact) mass is 343 g/mol. The van der Waals surface area contributed by atoms with E-state index in [2.05, 4.69) is 12.2 Å². The molecule has 2 aromatic carbocycles. The highest BCUT2D eigenvalue weighted by Gasteiger charge is 2.14. The fourth-order valence-corrected chi connectivity index (χ4v) is 2.43. The summed E-state index contributed by atoms with van der Waals surface area (Å²) in [6.45, 7) is 3.07. The van der Waals surface area contributed by atoms with Crippen molar-refractivity contribution in [1.82, 2.24) is 5.32 Å². The highest BCUT2D eigenvalue weighted by Crippen LogP contribution is 2.29. The number of phenolic OH excluding ortho intramolecular Hbond substituents is 2. The predicted molar refractivity (Wildman–Crippen MR) is 97.3 cm³/mol. The van der Waals surface area contributed by atoms with Crippen LogP contribution in [0.4, 0.5) is 0 Å². The summed E-state index contributed by atoms with van der Waals surface area (Å²) in [6.07, 6.45) is 3.72. The zero-order valence-corrected chi connectivity index (χ0v) is 14.5. The average molecular weight is 343 g/mol. The van der Waals surface area contributed by atoms with E-state index in [1.165, 1.54) is 0 Å². The Morgan fingerprint density at radius 3 is 2.56 bits per heavy atom. The Morgan fingerprint density at radius 1 is 1.08 bits per heavy atom. The number of unbranched alkanes of at least 4 members (excludes halogenated alkanes) is 2. The molecule has 25 heavy (non-hydrogen) atoms. The van der Waals surface area contributed by atoms with E-state index in [-0.39, 0.29) is 23.0 Å². The number of carbonyl (C=O) groups is 1. The molecule has 0 heterocycles. The Hall–Kier alpha value is -2.69. The smallest absolute Gasteiger partial charge is 0.255 e. The molecule has 0 atom stereocenters. The van der Waals surface area contributed by atoms with E-state index >= 15 is 0 Å². The summed E-state index contributed by atoms with van der Waals surface area (Å²) in [7, 11) is 0. The van der Waals surface area contributed by atoms with Crippen molar-refractivity contribution in [2.75, 3.05) is 13.2 Å². The minimum absolute atomic E-state index is 0.124. The van der Waals surface area contributed by atoms with Crippen molar-refractivity contribution >= 4 is 5.91 Å². The Bertz CT molecular complexity index is 683. The van der Waals surface area contributed by atoms with Gasteiger partial charge < -0.3 is 20.3 Å². The lowest BCUT2D eigenvalue weighted by Gasteiger charge is -2.11. The molecule has 3 N–H and O–H groups in total. The maximum absolute atomic E-state index is 12.3. The molecule has 0 aliphatic carbocycles. The number of rotatable bonds is 9. The zero-order valence-electron chi connectivity index (χ0n) is 14.5. The average Bonchev–Trinajstić information content (AvgIpc) is 2.61. The molecular weight excluding hydrogens is 318 g/mol. The van der Waals surface area contributed by atoms with Crippen LogP contribution in [0.1, 0.15) is 42.1 Å². The van der Waals surface area contributed by atoms with Crippen molar-refractivity contribution in [2.24, 2.45) is 0 Å². The van der Waals surface area contributed by atoms with Gasteiger partial charge in [-0.25, -0.2) is 0 Å². The van der Waals surface area contributed by atoms with Crippen LogP contribution < -0.4 is 10.1 Å². The molecule has 0 aliphatic rings. The lowest BCUT2D eigenvalue weighted by atomic mass is 10.1. The van der Waals surface area contributed by atoms with E-state index in [9.17, 15) is 15.0 Å². The normalized spacial score (nSPS) is 10.4. The topological polar surface area (TPSA) is 78.8 Å². The summed E-state index contributed by atoms with van der Waals surface area (Å²) in [5.74, 6) is 0.0900.